The molecule has 7 heteroatoms. The Morgan fingerprint density at radius 2 is 2.20 bits per heavy atom. The predicted octanol–water partition coefficient (Wildman–Crippen LogP) is 1.36. The number of urea groups is 1. The summed E-state index contributed by atoms with van der Waals surface area (Å²) < 4.78 is 1.85. The third kappa shape index (κ3) is 4.15. The van der Waals surface area contributed by atoms with Crippen molar-refractivity contribution in [3.63, 3.8) is 0 Å². The number of rotatable bonds is 5. The van der Waals surface area contributed by atoms with Crippen LogP contribution in [0.4, 0.5) is 4.79 Å². The van der Waals surface area contributed by atoms with E-state index in [2.05, 4.69) is 22.1 Å². The van der Waals surface area contributed by atoms with E-state index in [4.69, 9.17) is 0 Å². The molecule has 2 aliphatic rings. The molecule has 2 fully saturated rings. The number of likely N-dealkylation sites (N-methyl/N-ethyl adjacent to an activating group) is 1. The molecule has 0 aromatic carbocycles. The Kier molecular flexibility index (Phi) is 5.96. The average Bonchev–Trinajstić information content (AvgIpc) is 3.27. The van der Waals surface area contributed by atoms with Crippen molar-refractivity contribution in [2.24, 2.45) is 13.0 Å². The second-order valence-electron chi connectivity index (χ2n) is 7.30. The number of aromatic nitrogens is 2. The van der Waals surface area contributed by atoms with Crippen LogP contribution in [0.25, 0.3) is 0 Å². The van der Waals surface area contributed by atoms with Crippen molar-refractivity contribution < 1.29 is 9.90 Å². The van der Waals surface area contributed by atoms with Crippen LogP contribution in [0.3, 0.4) is 0 Å². The van der Waals surface area contributed by atoms with E-state index in [1.807, 2.05) is 22.7 Å². The van der Waals surface area contributed by atoms with Crippen LogP contribution in [0.5, 0.6) is 0 Å². The molecule has 0 saturated carbocycles. The van der Waals surface area contributed by atoms with Gasteiger partial charge in [-0.15, -0.1) is 0 Å². The fourth-order valence-corrected chi connectivity index (χ4v) is 4.18. The summed E-state index contributed by atoms with van der Waals surface area (Å²) in [6.07, 6.45) is 7.14. The van der Waals surface area contributed by atoms with Gasteiger partial charge in [0.1, 0.15) is 11.9 Å². The third-order valence-corrected chi connectivity index (χ3v) is 5.71. The second-order valence-corrected chi connectivity index (χ2v) is 7.30. The van der Waals surface area contributed by atoms with Gasteiger partial charge < -0.3 is 19.9 Å². The molecular formula is C18H31N5O2. The molecule has 3 heterocycles. The van der Waals surface area contributed by atoms with Crippen LogP contribution in [0, 0.1) is 5.92 Å². The molecule has 25 heavy (non-hydrogen) atoms. The van der Waals surface area contributed by atoms with Crippen LogP contribution in [-0.4, -0.2) is 69.3 Å². The van der Waals surface area contributed by atoms with Crippen molar-refractivity contribution in [2.75, 3.05) is 32.7 Å². The van der Waals surface area contributed by atoms with Gasteiger partial charge in [-0.05, 0) is 38.8 Å². The number of piperidine rings is 1. The van der Waals surface area contributed by atoms with Crippen LogP contribution in [-0.2, 0) is 7.05 Å². The number of hydrogen-bond acceptors (Lipinski definition) is 4. The largest absolute Gasteiger partial charge is 0.385 e. The molecule has 2 aliphatic heterocycles. The normalized spacial score (nSPS) is 26.0. The Balaban J connectivity index is 1.52. The first kappa shape index (κ1) is 18.2. The summed E-state index contributed by atoms with van der Waals surface area (Å²) in [5, 5.41) is 13.7. The van der Waals surface area contributed by atoms with Gasteiger partial charge in [0.15, 0.2) is 0 Å². The van der Waals surface area contributed by atoms with E-state index in [1.54, 1.807) is 6.20 Å². The number of amides is 2. The van der Waals surface area contributed by atoms with Crippen molar-refractivity contribution in [1.29, 1.82) is 0 Å². The van der Waals surface area contributed by atoms with Gasteiger partial charge in [0.2, 0.25) is 0 Å². The zero-order chi connectivity index (χ0) is 17.8. The average molecular weight is 349 g/mol. The predicted molar refractivity (Wildman–Crippen MR) is 96.1 cm³/mol. The van der Waals surface area contributed by atoms with Gasteiger partial charge in [0, 0.05) is 51.0 Å². The van der Waals surface area contributed by atoms with Gasteiger partial charge in [-0.3, -0.25) is 4.90 Å². The molecule has 2 N–H and O–H groups in total. The summed E-state index contributed by atoms with van der Waals surface area (Å²) in [6.45, 7) is 6.42. The Morgan fingerprint density at radius 3 is 2.92 bits per heavy atom. The lowest BCUT2D eigenvalue weighted by Crippen LogP contribution is -2.49. The molecule has 1 aromatic heterocycles. The van der Waals surface area contributed by atoms with Gasteiger partial charge in [0.25, 0.3) is 0 Å². The van der Waals surface area contributed by atoms with E-state index in [0.29, 0.717) is 18.4 Å². The molecule has 7 nitrogen and oxygen atoms in total. The highest BCUT2D eigenvalue weighted by Crippen LogP contribution is 2.28. The fourth-order valence-electron chi connectivity index (χ4n) is 4.18. The minimum absolute atomic E-state index is 0.000284. The van der Waals surface area contributed by atoms with Gasteiger partial charge in [-0.2, -0.15) is 0 Å². The standard InChI is InChI=1S/C18H31N5O2/c1-3-22-9-5-7-15(22)12-20-18(25)23-10-4-6-14(13-23)16(24)17-19-8-11-21(17)2/h8,11,14-16,24H,3-7,9-10,12-13H2,1-2H3,(H,20,25). The van der Waals surface area contributed by atoms with Crippen molar-refractivity contribution >= 4 is 6.03 Å². The number of nitrogens with one attached hydrogen (secondary N) is 1. The maximum absolute atomic E-state index is 12.6. The number of hydrogen-bond donors (Lipinski definition) is 2. The number of nitrogens with zero attached hydrogens (tertiary/aromatic N) is 4. The minimum atomic E-state index is -0.624. The second kappa shape index (κ2) is 8.19. The highest BCUT2D eigenvalue weighted by atomic mass is 16.3. The van der Waals surface area contributed by atoms with E-state index in [1.165, 1.54) is 6.42 Å². The summed E-state index contributed by atoms with van der Waals surface area (Å²) in [7, 11) is 1.89. The lowest BCUT2D eigenvalue weighted by Gasteiger charge is -2.35. The van der Waals surface area contributed by atoms with Gasteiger partial charge >= 0.3 is 6.03 Å². The van der Waals surface area contributed by atoms with E-state index in [-0.39, 0.29) is 11.9 Å². The first-order valence-corrected chi connectivity index (χ1v) is 9.52. The quantitative estimate of drug-likeness (QED) is 0.842. The lowest BCUT2D eigenvalue weighted by molar-refractivity contribution is 0.0530. The zero-order valence-corrected chi connectivity index (χ0v) is 15.4. The van der Waals surface area contributed by atoms with Crippen LogP contribution >= 0.6 is 0 Å². The summed E-state index contributed by atoms with van der Waals surface area (Å²) in [6, 6.07) is 0.465. The maximum atomic E-state index is 12.6. The Hall–Kier alpha value is -1.60. The first-order chi connectivity index (χ1) is 12.1. The number of carbonyl (C=O) groups is 1. The highest BCUT2D eigenvalue weighted by Gasteiger charge is 2.31. The van der Waals surface area contributed by atoms with E-state index in [9.17, 15) is 9.90 Å². The summed E-state index contributed by atoms with van der Waals surface area (Å²) in [4.78, 5) is 21.1. The molecule has 3 atom stereocenters. The number of aliphatic hydroxyl groups is 1. The highest BCUT2D eigenvalue weighted by molar-refractivity contribution is 5.74. The van der Waals surface area contributed by atoms with Gasteiger partial charge in [0.05, 0.1) is 0 Å². The number of likely N-dealkylation sites (tertiary alicyclic amines) is 2. The Morgan fingerprint density at radius 1 is 1.40 bits per heavy atom. The van der Waals surface area contributed by atoms with E-state index in [0.717, 1.165) is 45.4 Å². The number of aliphatic hydroxyl groups excluding tert-OH is 1. The van der Waals surface area contributed by atoms with E-state index >= 15 is 0 Å². The minimum Gasteiger partial charge on any atom is -0.385 e. The molecule has 0 spiro atoms. The zero-order valence-electron chi connectivity index (χ0n) is 15.4. The maximum Gasteiger partial charge on any atom is 0.317 e. The topological polar surface area (TPSA) is 73.6 Å². The summed E-state index contributed by atoms with van der Waals surface area (Å²) in [5.74, 6) is 0.719. The van der Waals surface area contributed by atoms with Crippen molar-refractivity contribution in [3.05, 3.63) is 18.2 Å². The van der Waals surface area contributed by atoms with Crippen molar-refractivity contribution in [2.45, 2.75) is 44.8 Å². The fraction of sp³-hybridized carbons (Fsp3) is 0.778. The SMILES string of the molecule is CCN1CCCC1CNC(=O)N1CCCC(C(O)c2nccn2C)C1. The van der Waals surface area contributed by atoms with Crippen molar-refractivity contribution in [3.8, 4) is 0 Å². The smallest absolute Gasteiger partial charge is 0.317 e. The van der Waals surface area contributed by atoms with Gasteiger partial charge in [-0.1, -0.05) is 6.92 Å². The Bertz CT molecular complexity index is 576. The Labute approximate surface area is 150 Å². The monoisotopic (exact) mass is 349 g/mol. The number of aryl methyl sites for hydroxylation is 1. The van der Waals surface area contributed by atoms with Crippen LogP contribution in [0.1, 0.15) is 44.5 Å². The van der Waals surface area contributed by atoms with Gasteiger partial charge in [-0.25, -0.2) is 9.78 Å². The molecule has 140 valence electrons. The first-order valence-electron chi connectivity index (χ1n) is 9.52. The number of imidazole rings is 1. The molecule has 2 amide bonds. The number of carbonyl (C=O) groups excluding carboxylic acids is 1. The molecule has 0 bridgehead atoms. The van der Waals surface area contributed by atoms with Crippen LogP contribution in [0.15, 0.2) is 12.4 Å². The van der Waals surface area contributed by atoms with Crippen molar-refractivity contribution in [1.82, 2.24) is 24.7 Å². The molecule has 0 radical (unpaired) electrons. The lowest BCUT2D eigenvalue weighted by atomic mass is 9.92. The molecule has 3 rings (SSSR count). The summed E-state index contributed by atoms with van der Waals surface area (Å²) >= 11 is 0. The molecule has 3 unspecified atom stereocenters. The third-order valence-electron chi connectivity index (χ3n) is 5.71. The molecule has 0 aliphatic carbocycles. The molecule has 2 saturated heterocycles. The molecular weight excluding hydrogens is 318 g/mol. The van der Waals surface area contributed by atoms with Crippen LogP contribution < -0.4 is 5.32 Å². The molecule has 1 aromatic rings. The van der Waals surface area contributed by atoms with E-state index < -0.39 is 6.10 Å². The summed E-state index contributed by atoms with van der Waals surface area (Å²) in [5.41, 5.74) is 0. The van der Waals surface area contributed by atoms with Crippen LogP contribution in [0.2, 0.25) is 0 Å².